The molecule has 3 rings (SSSR count). The molecule has 0 aromatic heterocycles. The summed E-state index contributed by atoms with van der Waals surface area (Å²) in [5.41, 5.74) is 3.41. The minimum Gasteiger partial charge on any atom is -0.372 e. The van der Waals surface area contributed by atoms with Gasteiger partial charge in [0.2, 0.25) is 0 Å². The number of nitrogens with zero attached hydrogens (tertiary/aromatic N) is 1. The van der Waals surface area contributed by atoms with Gasteiger partial charge in [0, 0.05) is 30.7 Å². The molecule has 1 saturated heterocycles. The Bertz CT molecular complexity index is 403. The Kier molecular flexibility index (Phi) is 5.54. The Morgan fingerprint density at radius 2 is 1.79 bits per heavy atom. The van der Waals surface area contributed by atoms with E-state index >= 15 is 0 Å². The lowest BCUT2D eigenvalue weighted by atomic mass is 9.95. The third-order valence-electron chi connectivity index (χ3n) is 4.63. The molecule has 1 aromatic rings. The molecule has 1 saturated carbocycles. The summed E-state index contributed by atoms with van der Waals surface area (Å²) in [5.74, 6) is 0.904. The summed E-state index contributed by atoms with van der Waals surface area (Å²) in [4.78, 5) is 2.40. The first-order valence-corrected chi connectivity index (χ1v) is 6.86. The number of rotatable bonds is 4. The second-order valence-corrected chi connectivity index (χ2v) is 5.41. The molecule has 108 valence electrons. The van der Waals surface area contributed by atoms with E-state index in [0.717, 1.165) is 19.0 Å². The summed E-state index contributed by atoms with van der Waals surface area (Å²) in [6.07, 6.45) is 1.39. The van der Waals surface area contributed by atoms with Gasteiger partial charge in [-0.2, -0.15) is 0 Å². The first-order chi connectivity index (χ1) is 8.30. The molecule has 2 aliphatic rings. The van der Waals surface area contributed by atoms with Crippen LogP contribution in [0.25, 0.3) is 0 Å². The van der Waals surface area contributed by atoms with E-state index in [1.54, 1.807) is 5.56 Å². The summed E-state index contributed by atoms with van der Waals surface area (Å²) in [7, 11) is 0. The SMILES string of the molecule is CCN(CC)c1ccc(C23CNCC2C3)cc1.Cl.Cl. The van der Waals surface area contributed by atoms with Crippen LogP contribution in [0, 0.1) is 5.92 Å². The van der Waals surface area contributed by atoms with Crippen LogP contribution in [0.15, 0.2) is 24.3 Å². The number of anilines is 1. The molecule has 2 nitrogen and oxygen atoms in total. The van der Waals surface area contributed by atoms with Crippen LogP contribution in [0.1, 0.15) is 25.8 Å². The highest BCUT2D eigenvalue weighted by Crippen LogP contribution is 2.56. The van der Waals surface area contributed by atoms with Crippen LogP contribution in [0.2, 0.25) is 0 Å². The largest absolute Gasteiger partial charge is 0.372 e. The highest BCUT2D eigenvalue weighted by atomic mass is 35.5. The molecule has 1 aliphatic carbocycles. The quantitative estimate of drug-likeness (QED) is 0.918. The third-order valence-corrected chi connectivity index (χ3v) is 4.63. The van der Waals surface area contributed by atoms with Crippen molar-refractivity contribution in [1.82, 2.24) is 5.32 Å². The second-order valence-electron chi connectivity index (χ2n) is 5.41. The van der Waals surface area contributed by atoms with Gasteiger partial charge in [-0.25, -0.2) is 0 Å². The zero-order valence-corrected chi connectivity index (χ0v) is 13.3. The Balaban J connectivity index is 0.000000902. The molecule has 0 radical (unpaired) electrons. The lowest BCUT2D eigenvalue weighted by Crippen LogP contribution is -2.22. The van der Waals surface area contributed by atoms with E-state index in [-0.39, 0.29) is 24.8 Å². The van der Waals surface area contributed by atoms with Gasteiger partial charge in [0.25, 0.3) is 0 Å². The fourth-order valence-electron chi connectivity index (χ4n) is 3.38. The maximum Gasteiger partial charge on any atom is 0.0366 e. The smallest absolute Gasteiger partial charge is 0.0366 e. The monoisotopic (exact) mass is 302 g/mol. The fraction of sp³-hybridized carbons (Fsp3) is 0.600. The third kappa shape index (κ3) is 2.72. The van der Waals surface area contributed by atoms with E-state index in [1.807, 2.05) is 0 Å². The summed E-state index contributed by atoms with van der Waals surface area (Å²) in [5, 5.41) is 3.51. The molecule has 1 N–H and O–H groups in total. The van der Waals surface area contributed by atoms with E-state index in [0.29, 0.717) is 5.41 Å². The molecule has 2 atom stereocenters. The number of hydrogen-bond donors (Lipinski definition) is 1. The van der Waals surface area contributed by atoms with Crippen LogP contribution >= 0.6 is 24.8 Å². The van der Waals surface area contributed by atoms with Gasteiger partial charge in [0.15, 0.2) is 0 Å². The molecule has 0 spiro atoms. The van der Waals surface area contributed by atoms with Gasteiger partial charge in [-0.05, 0) is 50.4 Å². The van der Waals surface area contributed by atoms with Gasteiger partial charge in [-0.15, -0.1) is 24.8 Å². The lowest BCUT2D eigenvalue weighted by Gasteiger charge is -2.22. The average Bonchev–Trinajstić information content (AvgIpc) is 2.94. The summed E-state index contributed by atoms with van der Waals surface area (Å²) >= 11 is 0. The van der Waals surface area contributed by atoms with Crippen LogP contribution in [0.4, 0.5) is 5.69 Å². The molecule has 1 heterocycles. The van der Waals surface area contributed by atoms with Gasteiger partial charge < -0.3 is 10.2 Å². The van der Waals surface area contributed by atoms with E-state index in [9.17, 15) is 0 Å². The van der Waals surface area contributed by atoms with Gasteiger partial charge in [-0.1, -0.05) is 12.1 Å². The topological polar surface area (TPSA) is 15.3 Å². The summed E-state index contributed by atoms with van der Waals surface area (Å²) in [6.45, 7) is 9.01. The minimum absolute atomic E-state index is 0. The summed E-state index contributed by atoms with van der Waals surface area (Å²) in [6, 6.07) is 9.29. The van der Waals surface area contributed by atoms with E-state index in [4.69, 9.17) is 0 Å². The van der Waals surface area contributed by atoms with Crippen LogP contribution in [-0.2, 0) is 5.41 Å². The molecule has 4 heteroatoms. The van der Waals surface area contributed by atoms with Crippen molar-refractivity contribution >= 4 is 30.5 Å². The Labute approximate surface area is 128 Å². The highest BCUT2D eigenvalue weighted by Gasteiger charge is 2.57. The molecular formula is C15H24Cl2N2. The van der Waals surface area contributed by atoms with Crippen molar-refractivity contribution in [3.8, 4) is 0 Å². The van der Waals surface area contributed by atoms with Gasteiger partial charge >= 0.3 is 0 Å². The van der Waals surface area contributed by atoms with Gasteiger partial charge in [0.1, 0.15) is 0 Å². The summed E-state index contributed by atoms with van der Waals surface area (Å²) < 4.78 is 0. The minimum atomic E-state index is 0. The molecule has 2 unspecified atom stereocenters. The molecule has 1 aliphatic heterocycles. The molecule has 0 bridgehead atoms. The van der Waals surface area contributed by atoms with Crippen molar-refractivity contribution in [2.45, 2.75) is 25.7 Å². The Morgan fingerprint density at radius 3 is 2.21 bits per heavy atom. The number of nitrogens with one attached hydrogen (secondary N) is 1. The zero-order valence-electron chi connectivity index (χ0n) is 11.7. The van der Waals surface area contributed by atoms with Gasteiger partial charge in [0.05, 0.1) is 0 Å². The van der Waals surface area contributed by atoms with Crippen molar-refractivity contribution in [3.63, 3.8) is 0 Å². The fourth-order valence-corrected chi connectivity index (χ4v) is 3.38. The molecular weight excluding hydrogens is 279 g/mol. The molecule has 19 heavy (non-hydrogen) atoms. The average molecular weight is 303 g/mol. The standard InChI is InChI=1S/C15H22N2.2ClH/c1-3-17(4-2)14-7-5-12(6-8-14)15-9-13(15)10-16-11-15;;/h5-8,13,16H,3-4,9-11H2,1-2H3;2*1H. The number of piperidine rings is 1. The lowest BCUT2D eigenvalue weighted by molar-refractivity contribution is 0.675. The van der Waals surface area contributed by atoms with Crippen LogP contribution < -0.4 is 10.2 Å². The molecule has 0 amide bonds. The normalized spacial score (nSPS) is 26.9. The Morgan fingerprint density at radius 1 is 1.16 bits per heavy atom. The number of halogens is 2. The van der Waals surface area contributed by atoms with Crippen molar-refractivity contribution in [2.24, 2.45) is 5.92 Å². The zero-order chi connectivity index (χ0) is 11.9. The maximum atomic E-state index is 3.51. The Hall–Kier alpha value is -0.440. The molecule has 2 fully saturated rings. The predicted octanol–water partition coefficient (Wildman–Crippen LogP) is 3.24. The van der Waals surface area contributed by atoms with E-state index in [2.05, 4.69) is 48.3 Å². The van der Waals surface area contributed by atoms with Crippen molar-refractivity contribution in [2.75, 3.05) is 31.1 Å². The van der Waals surface area contributed by atoms with Gasteiger partial charge in [-0.3, -0.25) is 0 Å². The second kappa shape index (κ2) is 6.34. The van der Waals surface area contributed by atoms with Crippen LogP contribution in [-0.4, -0.2) is 26.2 Å². The van der Waals surface area contributed by atoms with E-state index in [1.165, 1.54) is 25.2 Å². The van der Waals surface area contributed by atoms with Crippen LogP contribution in [0.3, 0.4) is 0 Å². The number of fused-ring (bicyclic) bond motifs is 1. The van der Waals surface area contributed by atoms with E-state index < -0.39 is 0 Å². The highest BCUT2D eigenvalue weighted by molar-refractivity contribution is 5.85. The van der Waals surface area contributed by atoms with Crippen molar-refractivity contribution < 1.29 is 0 Å². The number of hydrogen-bond acceptors (Lipinski definition) is 2. The maximum absolute atomic E-state index is 3.51. The number of benzene rings is 1. The van der Waals surface area contributed by atoms with Crippen LogP contribution in [0.5, 0.6) is 0 Å². The first-order valence-electron chi connectivity index (χ1n) is 6.86. The molecule has 1 aromatic carbocycles. The van der Waals surface area contributed by atoms with Crippen molar-refractivity contribution in [3.05, 3.63) is 29.8 Å². The first kappa shape index (κ1) is 16.6. The predicted molar refractivity (Wildman–Crippen MR) is 87.2 cm³/mol. The van der Waals surface area contributed by atoms with Crippen molar-refractivity contribution in [1.29, 1.82) is 0 Å².